The fourth-order valence-corrected chi connectivity index (χ4v) is 2.41. The van der Waals surface area contributed by atoms with E-state index >= 15 is 0 Å². The molecule has 1 saturated carbocycles. The lowest BCUT2D eigenvalue weighted by Crippen LogP contribution is -2.28. The van der Waals surface area contributed by atoms with Crippen LogP contribution in [0, 0.1) is 5.92 Å². The molecule has 2 fully saturated rings. The van der Waals surface area contributed by atoms with Crippen molar-refractivity contribution in [3.8, 4) is 0 Å². The molecule has 0 aromatic carbocycles. The molecular formula is C13H24N2. The molecule has 1 saturated heterocycles. The molecule has 2 heteroatoms. The zero-order valence-corrected chi connectivity index (χ0v) is 9.97. The molecular weight excluding hydrogens is 184 g/mol. The first-order chi connectivity index (χ1) is 7.25. The highest BCUT2D eigenvalue weighted by atomic mass is 15.2. The SMILES string of the molecule is C=C(C)CCNCC1CCN(C2CC2)C1. The van der Waals surface area contributed by atoms with Crippen LogP contribution in [-0.4, -0.2) is 37.1 Å². The summed E-state index contributed by atoms with van der Waals surface area (Å²) in [7, 11) is 0. The Kier molecular flexibility index (Phi) is 3.81. The molecule has 2 rings (SSSR count). The van der Waals surface area contributed by atoms with E-state index in [2.05, 4.69) is 23.7 Å². The molecule has 1 atom stereocenters. The Morgan fingerprint density at radius 3 is 2.87 bits per heavy atom. The van der Waals surface area contributed by atoms with E-state index in [1.54, 1.807) is 0 Å². The average Bonchev–Trinajstić information content (AvgIpc) is 2.94. The first kappa shape index (κ1) is 11.2. The summed E-state index contributed by atoms with van der Waals surface area (Å²) in [6.07, 6.45) is 5.43. The van der Waals surface area contributed by atoms with E-state index in [4.69, 9.17) is 0 Å². The van der Waals surface area contributed by atoms with Crippen LogP contribution in [0.25, 0.3) is 0 Å². The summed E-state index contributed by atoms with van der Waals surface area (Å²) in [6.45, 7) is 11.0. The summed E-state index contributed by atoms with van der Waals surface area (Å²) in [6, 6.07) is 0.963. The molecule has 1 N–H and O–H groups in total. The molecule has 0 amide bonds. The first-order valence-corrected chi connectivity index (χ1v) is 6.35. The van der Waals surface area contributed by atoms with Crippen LogP contribution in [0.5, 0.6) is 0 Å². The van der Waals surface area contributed by atoms with Crippen molar-refractivity contribution in [2.45, 2.75) is 38.6 Å². The number of hydrogen-bond acceptors (Lipinski definition) is 2. The Labute approximate surface area is 93.7 Å². The van der Waals surface area contributed by atoms with E-state index in [1.807, 2.05) is 0 Å². The van der Waals surface area contributed by atoms with Gasteiger partial charge in [-0.05, 0) is 58.2 Å². The minimum Gasteiger partial charge on any atom is -0.316 e. The molecule has 2 aliphatic rings. The Morgan fingerprint density at radius 2 is 2.20 bits per heavy atom. The predicted octanol–water partition coefficient (Wildman–Crippen LogP) is 2.03. The van der Waals surface area contributed by atoms with Gasteiger partial charge in [-0.3, -0.25) is 0 Å². The molecule has 15 heavy (non-hydrogen) atoms. The second-order valence-corrected chi connectivity index (χ2v) is 5.29. The van der Waals surface area contributed by atoms with Crippen molar-refractivity contribution in [3.05, 3.63) is 12.2 Å². The van der Waals surface area contributed by atoms with Gasteiger partial charge in [0.1, 0.15) is 0 Å². The highest BCUT2D eigenvalue weighted by molar-refractivity contribution is 4.91. The molecule has 1 unspecified atom stereocenters. The van der Waals surface area contributed by atoms with Crippen molar-refractivity contribution in [3.63, 3.8) is 0 Å². The van der Waals surface area contributed by atoms with Crippen molar-refractivity contribution in [2.75, 3.05) is 26.2 Å². The molecule has 1 aliphatic heterocycles. The van der Waals surface area contributed by atoms with Crippen molar-refractivity contribution in [2.24, 2.45) is 5.92 Å². The number of rotatable bonds is 6. The molecule has 0 radical (unpaired) electrons. The van der Waals surface area contributed by atoms with Gasteiger partial charge >= 0.3 is 0 Å². The van der Waals surface area contributed by atoms with Gasteiger partial charge in [0, 0.05) is 12.6 Å². The zero-order valence-electron chi connectivity index (χ0n) is 9.97. The lowest BCUT2D eigenvalue weighted by Gasteiger charge is -2.15. The maximum Gasteiger partial charge on any atom is 0.00965 e. The van der Waals surface area contributed by atoms with E-state index in [0.29, 0.717) is 0 Å². The Bertz CT molecular complexity index is 221. The third kappa shape index (κ3) is 3.62. The van der Waals surface area contributed by atoms with Crippen LogP contribution in [-0.2, 0) is 0 Å². The maximum atomic E-state index is 3.92. The van der Waals surface area contributed by atoms with Gasteiger partial charge in [0.25, 0.3) is 0 Å². The second-order valence-electron chi connectivity index (χ2n) is 5.29. The Hall–Kier alpha value is -0.340. The number of nitrogens with one attached hydrogen (secondary N) is 1. The van der Waals surface area contributed by atoms with Gasteiger partial charge in [0.2, 0.25) is 0 Å². The minimum absolute atomic E-state index is 0.899. The highest BCUT2D eigenvalue weighted by Gasteiger charge is 2.33. The molecule has 1 heterocycles. The monoisotopic (exact) mass is 208 g/mol. The van der Waals surface area contributed by atoms with Gasteiger partial charge in [-0.25, -0.2) is 0 Å². The maximum absolute atomic E-state index is 3.92. The van der Waals surface area contributed by atoms with E-state index in [1.165, 1.54) is 44.5 Å². The molecule has 0 aromatic rings. The van der Waals surface area contributed by atoms with E-state index in [0.717, 1.165) is 24.9 Å². The van der Waals surface area contributed by atoms with Crippen LogP contribution in [0.1, 0.15) is 32.6 Å². The van der Waals surface area contributed by atoms with Crippen LogP contribution in [0.3, 0.4) is 0 Å². The molecule has 0 spiro atoms. The van der Waals surface area contributed by atoms with Crippen molar-refractivity contribution in [1.82, 2.24) is 10.2 Å². The van der Waals surface area contributed by atoms with Gasteiger partial charge < -0.3 is 10.2 Å². The topological polar surface area (TPSA) is 15.3 Å². The fourth-order valence-electron chi connectivity index (χ4n) is 2.41. The largest absolute Gasteiger partial charge is 0.316 e. The Morgan fingerprint density at radius 1 is 1.40 bits per heavy atom. The van der Waals surface area contributed by atoms with Crippen molar-refractivity contribution < 1.29 is 0 Å². The molecule has 86 valence electrons. The van der Waals surface area contributed by atoms with E-state index in [-0.39, 0.29) is 0 Å². The van der Waals surface area contributed by atoms with Gasteiger partial charge in [0.15, 0.2) is 0 Å². The van der Waals surface area contributed by atoms with Gasteiger partial charge in [0.05, 0.1) is 0 Å². The Balaban J connectivity index is 1.54. The number of likely N-dealkylation sites (tertiary alicyclic amines) is 1. The first-order valence-electron chi connectivity index (χ1n) is 6.35. The summed E-state index contributed by atoms with van der Waals surface area (Å²) in [5.74, 6) is 0.899. The smallest absolute Gasteiger partial charge is 0.00965 e. The molecule has 2 nitrogen and oxygen atoms in total. The third-order valence-corrected chi connectivity index (χ3v) is 3.54. The minimum atomic E-state index is 0.899. The molecule has 0 aromatic heterocycles. The predicted molar refractivity (Wildman–Crippen MR) is 65.0 cm³/mol. The summed E-state index contributed by atoms with van der Waals surface area (Å²) < 4.78 is 0. The van der Waals surface area contributed by atoms with Crippen molar-refractivity contribution >= 4 is 0 Å². The van der Waals surface area contributed by atoms with E-state index in [9.17, 15) is 0 Å². The standard InChI is InChI=1S/C13H24N2/c1-11(2)5-7-14-9-12-6-8-15(10-12)13-3-4-13/h12-14H,1,3-10H2,2H3. The van der Waals surface area contributed by atoms with Crippen molar-refractivity contribution in [1.29, 1.82) is 0 Å². The fraction of sp³-hybridized carbons (Fsp3) is 0.846. The van der Waals surface area contributed by atoms with Gasteiger partial charge in [-0.2, -0.15) is 0 Å². The summed E-state index contributed by atoms with van der Waals surface area (Å²) >= 11 is 0. The van der Waals surface area contributed by atoms with Crippen LogP contribution in [0.2, 0.25) is 0 Å². The van der Waals surface area contributed by atoms with E-state index < -0.39 is 0 Å². The molecule has 1 aliphatic carbocycles. The average molecular weight is 208 g/mol. The van der Waals surface area contributed by atoms with Crippen LogP contribution < -0.4 is 5.32 Å². The lowest BCUT2D eigenvalue weighted by atomic mass is 10.1. The van der Waals surface area contributed by atoms with Crippen LogP contribution in [0.15, 0.2) is 12.2 Å². The number of nitrogens with zero attached hydrogens (tertiary/aromatic N) is 1. The van der Waals surface area contributed by atoms with Crippen LogP contribution in [0.4, 0.5) is 0 Å². The summed E-state index contributed by atoms with van der Waals surface area (Å²) in [4.78, 5) is 2.69. The third-order valence-electron chi connectivity index (χ3n) is 3.54. The summed E-state index contributed by atoms with van der Waals surface area (Å²) in [5, 5.41) is 3.55. The zero-order chi connectivity index (χ0) is 10.7. The second kappa shape index (κ2) is 5.13. The quantitative estimate of drug-likeness (QED) is 0.531. The van der Waals surface area contributed by atoms with Crippen LogP contribution >= 0.6 is 0 Å². The summed E-state index contributed by atoms with van der Waals surface area (Å²) in [5.41, 5.74) is 1.29. The normalized spacial score (nSPS) is 27.1. The van der Waals surface area contributed by atoms with Gasteiger partial charge in [-0.15, -0.1) is 6.58 Å². The lowest BCUT2D eigenvalue weighted by molar-refractivity contribution is 0.312. The highest BCUT2D eigenvalue weighted by Crippen LogP contribution is 2.31. The van der Waals surface area contributed by atoms with Gasteiger partial charge in [-0.1, -0.05) is 5.57 Å². The molecule has 0 bridgehead atoms. The number of hydrogen-bond donors (Lipinski definition) is 1.